The third-order valence-electron chi connectivity index (χ3n) is 4.98. The zero-order chi connectivity index (χ0) is 17.0. The van der Waals surface area contributed by atoms with E-state index in [1.807, 2.05) is 0 Å². The van der Waals surface area contributed by atoms with Crippen molar-refractivity contribution in [1.82, 2.24) is 0 Å². The molecule has 0 aliphatic heterocycles. The highest BCUT2D eigenvalue weighted by Gasteiger charge is 2.07. The fourth-order valence-electron chi connectivity index (χ4n) is 3.30. The van der Waals surface area contributed by atoms with Gasteiger partial charge in [-0.15, -0.1) is 7.92 Å². The predicted octanol–water partition coefficient (Wildman–Crippen LogP) is 8.77. The van der Waals surface area contributed by atoms with Gasteiger partial charge in [0.15, 0.2) is 0 Å². The molecule has 0 bridgehead atoms. The Balaban J connectivity index is 3.56. The van der Waals surface area contributed by atoms with E-state index in [2.05, 4.69) is 20.8 Å². The summed E-state index contributed by atoms with van der Waals surface area (Å²) in [5.74, 6) is 0. The summed E-state index contributed by atoms with van der Waals surface area (Å²) in [5.41, 5.74) is 0. The Morgan fingerprint density at radius 3 is 1.04 bits per heavy atom. The van der Waals surface area contributed by atoms with Crippen molar-refractivity contribution in [2.24, 2.45) is 0 Å². The maximum absolute atomic E-state index is 2.36. The van der Waals surface area contributed by atoms with Gasteiger partial charge in [0.05, 0.1) is 0 Å². The van der Waals surface area contributed by atoms with Gasteiger partial charge in [-0.05, 0) is 37.7 Å². The first-order valence-corrected chi connectivity index (χ1v) is 13.0. The largest absolute Gasteiger partial charge is 0.107 e. The van der Waals surface area contributed by atoms with Crippen molar-refractivity contribution >= 4 is 7.92 Å². The molecule has 0 saturated carbocycles. The van der Waals surface area contributed by atoms with Crippen LogP contribution in [0.5, 0.6) is 0 Å². The van der Waals surface area contributed by atoms with Gasteiger partial charge in [0, 0.05) is 0 Å². The van der Waals surface area contributed by atoms with Gasteiger partial charge in [0.1, 0.15) is 0 Å². The minimum Gasteiger partial charge on any atom is -0.107 e. The minimum absolute atomic E-state index is 0.378. The summed E-state index contributed by atoms with van der Waals surface area (Å²) in [6.45, 7) is 6.98. The zero-order valence-corrected chi connectivity index (χ0v) is 17.8. The highest BCUT2D eigenvalue weighted by Crippen LogP contribution is 2.39. The molecule has 23 heavy (non-hydrogen) atoms. The molecule has 0 N–H and O–H groups in total. The molecule has 0 amide bonds. The second-order valence-electron chi connectivity index (χ2n) is 7.44. The van der Waals surface area contributed by atoms with Crippen molar-refractivity contribution < 1.29 is 0 Å². The standard InChI is InChI=1S/C22H47P/c1-4-7-10-12-14-16-18-21-23(20-9-6-3)22-19-17-15-13-11-8-5-2/h4-22H2,1-3H3. The minimum atomic E-state index is 0.378. The summed E-state index contributed by atoms with van der Waals surface area (Å²) >= 11 is 0. The summed E-state index contributed by atoms with van der Waals surface area (Å²) in [6, 6.07) is 0. The Hall–Kier alpha value is 0.430. The van der Waals surface area contributed by atoms with E-state index < -0.39 is 0 Å². The molecule has 0 nitrogen and oxygen atoms in total. The van der Waals surface area contributed by atoms with Crippen LogP contribution >= 0.6 is 7.92 Å². The van der Waals surface area contributed by atoms with Gasteiger partial charge in [-0.25, -0.2) is 0 Å². The van der Waals surface area contributed by atoms with Crippen molar-refractivity contribution in [1.29, 1.82) is 0 Å². The number of hydrogen-bond donors (Lipinski definition) is 0. The van der Waals surface area contributed by atoms with Crippen molar-refractivity contribution in [3.8, 4) is 0 Å². The molecule has 0 rings (SSSR count). The van der Waals surface area contributed by atoms with Crippen LogP contribution in [0.25, 0.3) is 0 Å². The summed E-state index contributed by atoms with van der Waals surface area (Å²) in [6.07, 6.45) is 28.2. The van der Waals surface area contributed by atoms with Crippen LogP contribution in [0, 0.1) is 0 Å². The Morgan fingerprint density at radius 1 is 0.348 bits per heavy atom. The fourth-order valence-corrected chi connectivity index (χ4v) is 6.08. The van der Waals surface area contributed by atoms with Crippen LogP contribution in [0.2, 0.25) is 0 Å². The van der Waals surface area contributed by atoms with Crippen molar-refractivity contribution in [2.45, 2.75) is 124 Å². The third-order valence-corrected chi connectivity index (χ3v) is 7.83. The van der Waals surface area contributed by atoms with Crippen LogP contribution in [0.15, 0.2) is 0 Å². The van der Waals surface area contributed by atoms with E-state index in [4.69, 9.17) is 0 Å². The summed E-state index contributed by atoms with van der Waals surface area (Å²) < 4.78 is 0. The summed E-state index contributed by atoms with van der Waals surface area (Å²) in [4.78, 5) is 0. The molecule has 1 heteroatoms. The third kappa shape index (κ3) is 18.6. The monoisotopic (exact) mass is 342 g/mol. The van der Waals surface area contributed by atoms with Crippen LogP contribution < -0.4 is 0 Å². The lowest BCUT2D eigenvalue weighted by Crippen LogP contribution is -1.96. The molecule has 0 radical (unpaired) electrons. The van der Waals surface area contributed by atoms with Gasteiger partial charge in [-0.1, -0.05) is 104 Å². The summed E-state index contributed by atoms with van der Waals surface area (Å²) in [7, 11) is 0.378. The second-order valence-corrected chi connectivity index (χ2v) is 10.1. The van der Waals surface area contributed by atoms with Gasteiger partial charge in [0.2, 0.25) is 0 Å². The molecule has 0 aromatic carbocycles. The van der Waals surface area contributed by atoms with E-state index >= 15 is 0 Å². The Bertz CT molecular complexity index is 184. The van der Waals surface area contributed by atoms with E-state index in [9.17, 15) is 0 Å². The highest BCUT2D eigenvalue weighted by molar-refractivity contribution is 7.57. The second kappa shape index (κ2) is 20.5. The van der Waals surface area contributed by atoms with E-state index in [0.29, 0.717) is 7.92 Å². The number of rotatable bonds is 19. The number of unbranched alkanes of at least 4 members (excludes halogenated alkanes) is 13. The lowest BCUT2D eigenvalue weighted by Gasteiger charge is -2.17. The van der Waals surface area contributed by atoms with Gasteiger partial charge >= 0.3 is 0 Å². The van der Waals surface area contributed by atoms with Crippen LogP contribution in [0.1, 0.15) is 124 Å². The normalized spacial score (nSPS) is 11.5. The van der Waals surface area contributed by atoms with Gasteiger partial charge < -0.3 is 0 Å². The maximum Gasteiger partial charge on any atom is -0.0326 e. The highest BCUT2D eigenvalue weighted by atomic mass is 31.1. The lowest BCUT2D eigenvalue weighted by atomic mass is 10.1. The molecule has 0 saturated heterocycles. The molecule has 140 valence electrons. The molecule has 0 aliphatic rings. The van der Waals surface area contributed by atoms with Crippen molar-refractivity contribution in [3.05, 3.63) is 0 Å². The first-order valence-electron chi connectivity index (χ1n) is 11.1. The molecule has 0 atom stereocenters. The van der Waals surface area contributed by atoms with Crippen molar-refractivity contribution in [3.63, 3.8) is 0 Å². The first kappa shape index (κ1) is 23.4. The molecular weight excluding hydrogens is 295 g/mol. The van der Waals surface area contributed by atoms with Gasteiger partial charge in [-0.2, -0.15) is 0 Å². The van der Waals surface area contributed by atoms with E-state index in [0.717, 1.165) is 0 Å². The quantitative estimate of drug-likeness (QED) is 0.162. The lowest BCUT2D eigenvalue weighted by molar-refractivity contribution is 0.600. The number of hydrogen-bond acceptors (Lipinski definition) is 0. The van der Waals surface area contributed by atoms with Crippen LogP contribution in [0.3, 0.4) is 0 Å². The molecule has 0 aromatic rings. The molecule has 0 fully saturated rings. The van der Waals surface area contributed by atoms with Gasteiger partial charge in [0.25, 0.3) is 0 Å². The smallest absolute Gasteiger partial charge is 0.0326 e. The SMILES string of the molecule is CCCCCCCCCP(CCCC)CCCCCCCCC. The van der Waals surface area contributed by atoms with Crippen molar-refractivity contribution in [2.75, 3.05) is 18.5 Å². The average Bonchev–Trinajstić information content (AvgIpc) is 2.57. The van der Waals surface area contributed by atoms with E-state index in [1.165, 1.54) is 103 Å². The molecule has 0 heterocycles. The molecule has 0 aromatic heterocycles. The average molecular weight is 343 g/mol. The molecular formula is C22H47P. The molecule has 0 aliphatic carbocycles. The first-order chi connectivity index (χ1) is 11.3. The van der Waals surface area contributed by atoms with Crippen LogP contribution in [-0.4, -0.2) is 18.5 Å². The molecule has 0 spiro atoms. The topological polar surface area (TPSA) is 0 Å². The van der Waals surface area contributed by atoms with Crippen LogP contribution in [-0.2, 0) is 0 Å². The maximum atomic E-state index is 2.36. The van der Waals surface area contributed by atoms with Gasteiger partial charge in [-0.3, -0.25) is 0 Å². The molecule has 0 unspecified atom stereocenters. The van der Waals surface area contributed by atoms with Crippen LogP contribution in [0.4, 0.5) is 0 Å². The predicted molar refractivity (Wildman–Crippen MR) is 112 cm³/mol. The van der Waals surface area contributed by atoms with E-state index in [-0.39, 0.29) is 0 Å². The summed E-state index contributed by atoms with van der Waals surface area (Å²) in [5, 5.41) is 0. The Kier molecular flexibility index (Phi) is 20.9. The fraction of sp³-hybridized carbons (Fsp3) is 1.00. The van der Waals surface area contributed by atoms with E-state index in [1.54, 1.807) is 18.5 Å². The zero-order valence-electron chi connectivity index (χ0n) is 16.9. The Morgan fingerprint density at radius 2 is 0.652 bits per heavy atom. The Labute approximate surface area is 150 Å².